The van der Waals surface area contributed by atoms with Crippen LogP contribution in [0.2, 0.25) is 0 Å². The molecule has 0 aliphatic rings. The van der Waals surface area contributed by atoms with Gasteiger partial charge in [0.2, 0.25) is 0 Å². The smallest absolute Gasteiger partial charge is 0.191 e. The standard InChI is InChI=1S/C19H28N4O2S/c1-14-13-26-18(23-14)10-7-11-21-19(20-3)22-12-15(2)25-17-9-6-5-8-16(17)24-4/h5-6,8-9,13,15H,7,10-12H2,1-4H3,(H2,20,21,22). The highest BCUT2D eigenvalue weighted by atomic mass is 32.1. The maximum absolute atomic E-state index is 5.94. The number of rotatable bonds is 9. The van der Waals surface area contributed by atoms with Crippen molar-refractivity contribution in [3.63, 3.8) is 0 Å². The van der Waals surface area contributed by atoms with Crippen LogP contribution >= 0.6 is 11.3 Å². The molecule has 7 heteroatoms. The first-order valence-corrected chi connectivity index (χ1v) is 9.65. The van der Waals surface area contributed by atoms with Crippen molar-refractivity contribution >= 4 is 17.3 Å². The molecule has 0 radical (unpaired) electrons. The molecule has 0 saturated carbocycles. The van der Waals surface area contributed by atoms with Crippen molar-refractivity contribution in [2.75, 3.05) is 27.2 Å². The number of methoxy groups -OCH3 is 1. The van der Waals surface area contributed by atoms with Crippen molar-refractivity contribution in [3.8, 4) is 11.5 Å². The predicted octanol–water partition coefficient (Wildman–Crippen LogP) is 3.03. The van der Waals surface area contributed by atoms with Crippen molar-refractivity contribution in [2.45, 2.75) is 32.8 Å². The van der Waals surface area contributed by atoms with Gasteiger partial charge in [-0.1, -0.05) is 12.1 Å². The molecule has 2 rings (SSSR count). The van der Waals surface area contributed by atoms with Crippen LogP contribution in [0.25, 0.3) is 0 Å². The van der Waals surface area contributed by atoms with Gasteiger partial charge in [-0.15, -0.1) is 11.3 Å². The van der Waals surface area contributed by atoms with E-state index in [2.05, 4.69) is 26.0 Å². The van der Waals surface area contributed by atoms with E-state index in [1.165, 1.54) is 5.01 Å². The molecule has 1 heterocycles. The minimum atomic E-state index is -0.0249. The number of aryl methyl sites for hydroxylation is 2. The quantitative estimate of drug-likeness (QED) is 0.400. The summed E-state index contributed by atoms with van der Waals surface area (Å²) in [6.45, 7) is 5.53. The third-order valence-electron chi connectivity index (χ3n) is 3.70. The van der Waals surface area contributed by atoms with Crippen LogP contribution in [0.15, 0.2) is 34.6 Å². The number of hydrogen-bond acceptors (Lipinski definition) is 5. The van der Waals surface area contributed by atoms with Gasteiger partial charge in [-0.2, -0.15) is 0 Å². The molecule has 0 bridgehead atoms. The van der Waals surface area contributed by atoms with E-state index in [-0.39, 0.29) is 6.10 Å². The SMILES string of the molecule is CN=C(NCCCc1nc(C)cs1)NCC(C)Oc1ccccc1OC. The molecule has 1 aromatic heterocycles. The lowest BCUT2D eigenvalue weighted by atomic mass is 10.3. The molecule has 1 unspecified atom stereocenters. The third kappa shape index (κ3) is 6.55. The largest absolute Gasteiger partial charge is 0.493 e. The molecule has 6 nitrogen and oxygen atoms in total. The van der Waals surface area contributed by atoms with Crippen molar-refractivity contribution in [3.05, 3.63) is 40.3 Å². The van der Waals surface area contributed by atoms with Gasteiger partial charge < -0.3 is 20.1 Å². The average molecular weight is 377 g/mol. The summed E-state index contributed by atoms with van der Waals surface area (Å²) >= 11 is 1.72. The second-order valence-corrected chi connectivity index (χ2v) is 6.89. The van der Waals surface area contributed by atoms with E-state index >= 15 is 0 Å². The van der Waals surface area contributed by atoms with Crippen LogP contribution in [-0.4, -0.2) is 44.3 Å². The van der Waals surface area contributed by atoms with Crippen LogP contribution in [0.1, 0.15) is 24.0 Å². The maximum atomic E-state index is 5.94. The average Bonchev–Trinajstić information content (AvgIpc) is 3.06. The number of nitrogens with zero attached hydrogens (tertiary/aromatic N) is 2. The summed E-state index contributed by atoms with van der Waals surface area (Å²) in [5, 5.41) is 9.89. The van der Waals surface area contributed by atoms with E-state index < -0.39 is 0 Å². The number of guanidine groups is 1. The number of benzene rings is 1. The van der Waals surface area contributed by atoms with Crippen molar-refractivity contribution in [2.24, 2.45) is 4.99 Å². The molecular weight excluding hydrogens is 348 g/mol. The minimum absolute atomic E-state index is 0.0249. The molecule has 26 heavy (non-hydrogen) atoms. The van der Waals surface area contributed by atoms with E-state index in [4.69, 9.17) is 9.47 Å². The molecule has 1 atom stereocenters. The van der Waals surface area contributed by atoms with Gasteiger partial charge >= 0.3 is 0 Å². The second-order valence-electron chi connectivity index (χ2n) is 5.95. The molecule has 142 valence electrons. The van der Waals surface area contributed by atoms with E-state index in [9.17, 15) is 0 Å². The molecule has 0 fully saturated rings. The number of para-hydroxylation sites is 2. The van der Waals surface area contributed by atoms with Crippen LogP contribution in [0.4, 0.5) is 0 Å². The number of hydrogen-bond donors (Lipinski definition) is 2. The molecule has 0 amide bonds. The fourth-order valence-electron chi connectivity index (χ4n) is 2.40. The molecule has 0 spiro atoms. The van der Waals surface area contributed by atoms with Gasteiger partial charge in [0.1, 0.15) is 6.10 Å². The molecule has 2 N–H and O–H groups in total. The third-order valence-corrected chi connectivity index (χ3v) is 4.73. The first kappa shape index (κ1) is 20.0. The highest BCUT2D eigenvalue weighted by molar-refractivity contribution is 7.09. The highest BCUT2D eigenvalue weighted by Crippen LogP contribution is 2.26. The Labute approximate surface area is 159 Å². The Morgan fingerprint density at radius 3 is 2.69 bits per heavy atom. The summed E-state index contributed by atoms with van der Waals surface area (Å²) in [5.41, 5.74) is 1.10. The Hall–Kier alpha value is -2.28. The number of aliphatic imine (C=N–C) groups is 1. The zero-order valence-electron chi connectivity index (χ0n) is 15.9. The minimum Gasteiger partial charge on any atom is -0.493 e. The lowest BCUT2D eigenvalue weighted by Crippen LogP contribution is -2.42. The van der Waals surface area contributed by atoms with Gasteiger partial charge in [-0.25, -0.2) is 4.98 Å². The lowest BCUT2D eigenvalue weighted by Gasteiger charge is -2.19. The summed E-state index contributed by atoms with van der Waals surface area (Å²) in [6, 6.07) is 7.65. The molecule has 0 saturated heterocycles. The van der Waals surface area contributed by atoms with E-state index in [0.717, 1.165) is 42.5 Å². The zero-order chi connectivity index (χ0) is 18.8. The van der Waals surface area contributed by atoms with Crippen molar-refractivity contribution < 1.29 is 9.47 Å². The summed E-state index contributed by atoms with van der Waals surface area (Å²) in [6.07, 6.45) is 1.97. The van der Waals surface area contributed by atoms with Gasteiger partial charge in [0, 0.05) is 31.1 Å². The monoisotopic (exact) mass is 376 g/mol. The number of aromatic nitrogens is 1. The second kappa shape index (κ2) is 10.7. The molecule has 0 aliphatic heterocycles. The molecule has 1 aromatic carbocycles. The summed E-state index contributed by atoms with van der Waals surface area (Å²) in [4.78, 5) is 8.73. The van der Waals surface area contributed by atoms with Crippen LogP contribution in [0.5, 0.6) is 11.5 Å². The van der Waals surface area contributed by atoms with Crippen molar-refractivity contribution in [1.82, 2.24) is 15.6 Å². The predicted molar refractivity (Wildman–Crippen MR) is 108 cm³/mol. The summed E-state index contributed by atoms with van der Waals surface area (Å²) < 4.78 is 11.3. The fraction of sp³-hybridized carbons (Fsp3) is 0.474. The van der Waals surface area contributed by atoms with Crippen LogP contribution in [-0.2, 0) is 6.42 Å². The van der Waals surface area contributed by atoms with Gasteiger partial charge in [0.15, 0.2) is 17.5 Å². The van der Waals surface area contributed by atoms with E-state index in [1.807, 2.05) is 38.1 Å². The van der Waals surface area contributed by atoms with Gasteiger partial charge in [0.05, 0.1) is 18.7 Å². The fourth-order valence-corrected chi connectivity index (χ4v) is 3.22. The number of ether oxygens (including phenoxy) is 2. The maximum Gasteiger partial charge on any atom is 0.191 e. The Balaban J connectivity index is 1.69. The van der Waals surface area contributed by atoms with Crippen LogP contribution in [0.3, 0.4) is 0 Å². The van der Waals surface area contributed by atoms with E-state index in [0.29, 0.717) is 6.54 Å². The highest BCUT2D eigenvalue weighted by Gasteiger charge is 2.09. The zero-order valence-corrected chi connectivity index (χ0v) is 16.7. The first-order valence-electron chi connectivity index (χ1n) is 8.77. The van der Waals surface area contributed by atoms with Crippen LogP contribution in [0, 0.1) is 6.92 Å². The molecular formula is C19H28N4O2S. The lowest BCUT2D eigenvalue weighted by molar-refractivity contribution is 0.213. The number of thiazole rings is 1. The number of nitrogens with one attached hydrogen (secondary N) is 2. The Bertz CT molecular complexity index is 702. The van der Waals surface area contributed by atoms with E-state index in [1.54, 1.807) is 25.5 Å². The van der Waals surface area contributed by atoms with Gasteiger partial charge in [-0.3, -0.25) is 4.99 Å². The molecule has 2 aromatic rings. The Kier molecular flexibility index (Phi) is 8.21. The van der Waals surface area contributed by atoms with Gasteiger partial charge in [0.25, 0.3) is 0 Å². The topological polar surface area (TPSA) is 67.8 Å². The Morgan fingerprint density at radius 1 is 1.27 bits per heavy atom. The Morgan fingerprint density at radius 2 is 2.04 bits per heavy atom. The first-order chi connectivity index (χ1) is 12.6. The van der Waals surface area contributed by atoms with Crippen molar-refractivity contribution in [1.29, 1.82) is 0 Å². The normalized spacial score (nSPS) is 12.5. The van der Waals surface area contributed by atoms with Gasteiger partial charge in [-0.05, 0) is 32.4 Å². The molecule has 0 aliphatic carbocycles. The summed E-state index contributed by atoms with van der Waals surface area (Å²) in [5.74, 6) is 2.25. The van der Waals surface area contributed by atoms with Crippen LogP contribution < -0.4 is 20.1 Å². The summed E-state index contributed by atoms with van der Waals surface area (Å²) in [7, 11) is 3.41.